The molecule has 2 N–H and O–H groups in total. The molecule has 4 amide bonds. The van der Waals surface area contributed by atoms with Crippen LogP contribution < -0.4 is 10.6 Å². The number of rotatable bonds is 12. The van der Waals surface area contributed by atoms with Crippen molar-refractivity contribution in [3.8, 4) is 0 Å². The number of carbonyl (C=O) groups is 5. The van der Waals surface area contributed by atoms with Crippen LogP contribution >= 0.6 is 0 Å². The lowest BCUT2D eigenvalue weighted by Crippen LogP contribution is -2.64. The molecule has 1 aromatic carbocycles. The molecule has 0 aliphatic carbocycles. The average molecular weight is 594 g/mol. The Kier molecular flexibility index (Phi) is 11.4. The van der Waals surface area contributed by atoms with Gasteiger partial charge in [-0.3, -0.25) is 29.0 Å². The molecule has 3 rings (SSSR count). The molecule has 0 bridgehead atoms. The second-order valence-corrected chi connectivity index (χ2v) is 11.4. The van der Waals surface area contributed by atoms with Crippen LogP contribution in [0.4, 0.5) is 0 Å². The van der Waals surface area contributed by atoms with E-state index in [2.05, 4.69) is 20.6 Å². The Morgan fingerprint density at radius 2 is 1.72 bits per heavy atom. The number of aromatic nitrogens is 2. The highest BCUT2D eigenvalue weighted by molar-refractivity contribution is 6.50. The third-order valence-corrected chi connectivity index (χ3v) is 6.83. The van der Waals surface area contributed by atoms with Gasteiger partial charge in [-0.05, 0) is 17.9 Å². The van der Waals surface area contributed by atoms with Gasteiger partial charge in [0.1, 0.15) is 11.7 Å². The monoisotopic (exact) mass is 594 g/mol. The quantitative estimate of drug-likeness (QED) is 0.336. The third kappa shape index (κ3) is 9.08. The smallest absolute Gasteiger partial charge is 0.508 e. The van der Waals surface area contributed by atoms with Gasteiger partial charge in [0.2, 0.25) is 11.8 Å². The first kappa shape index (κ1) is 33.2. The van der Waals surface area contributed by atoms with Crippen molar-refractivity contribution < 1.29 is 33.3 Å². The van der Waals surface area contributed by atoms with Crippen molar-refractivity contribution in [2.24, 2.45) is 5.92 Å². The molecule has 13 nitrogen and oxygen atoms in total. The maximum absolute atomic E-state index is 13.8. The highest BCUT2D eigenvalue weighted by Crippen LogP contribution is 2.32. The molecule has 0 radical (unpaired) electrons. The predicted molar refractivity (Wildman–Crippen MR) is 157 cm³/mol. The molecule has 1 saturated heterocycles. The van der Waals surface area contributed by atoms with Crippen LogP contribution in [-0.2, 0) is 34.9 Å². The molecule has 14 heteroatoms. The van der Waals surface area contributed by atoms with Crippen molar-refractivity contribution >= 4 is 36.7 Å². The number of likely N-dealkylation sites (N-methyl/N-ethyl adjacent to an activating group) is 1. The second kappa shape index (κ2) is 14.7. The molecule has 1 aliphatic heterocycles. The second-order valence-electron chi connectivity index (χ2n) is 11.4. The third-order valence-electron chi connectivity index (χ3n) is 6.83. The van der Waals surface area contributed by atoms with Crippen LogP contribution in [0.1, 0.15) is 49.2 Å². The lowest BCUT2D eigenvalue weighted by molar-refractivity contribution is -0.167. The minimum atomic E-state index is -1.82. The van der Waals surface area contributed by atoms with Crippen molar-refractivity contribution in [2.75, 3.05) is 28.2 Å². The molecule has 0 spiro atoms. The molecular weight excluding hydrogens is 555 g/mol. The number of hydrogen-bond donors (Lipinski definition) is 2. The maximum Gasteiger partial charge on any atom is 0.552 e. The van der Waals surface area contributed by atoms with E-state index in [1.54, 1.807) is 14.1 Å². The fraction of sp³-hybridized carbons (Fsp3) is 0.483. The average Bonchev–Trinajstić information content (AvgIpc) is 2.96. The van der Waals surface area contributed by atoms with Crippen molar-refractivity contribution in [3.63, 3.8) is 0 Å². The summed E-state index contributed by atoms with van der Waals surface area (Å²) in [6.45, 7) is 3.82. The summed E-state index contributed by atoms with van der Waals surface area (Å²) in [5, 5.41) is 5.61. The van der Waals surface area contributed by atoms with Gasteiger partial charge in [0, 0.05) is 47.0 Å². The molecule has 43 heavy (non-hydrogen) atoms. The van der Waals surface area contributed by atoms with Crippen molar-refractivity contribution in [3.05, 3.63) is 60.2 Å². The molecule has 0 unspecified atom stereocenters. The molecule has 1 fully saturated rings. The van der Waals surface area contributed by atoms with E-state index in [1.807, 2.05) is 44.2 Å². The van der Waals surface area contributed by atoms with Gasteiger partial charge in [0.25, 0.3) is 17.8 Å². The first-order valence-electron chi connectivity index (χ1n) is 14.0. The zero-order valence-electron chi connectivity index (χ0n) is 25.4. The first-order chi connectivity index (χ1) is 20.3. The van der Waals surface area contributed by atoms with E-state index in [0.29, 0.717) is 6.42 Å². The predicted octanol–water partition coefficient (Wildman–Crippen LogP) is 0.645. The Balaban J connectivity index is 1.92. The lowest BCUT2D eigenvalue weighted by atomic mass is 9.70. The maximum atomic E-state index is 13.8. The SMILES string of the molecule is CC(C)C[C@H](NC(=O)[C@H](Cc1ccccc1)NC(=O)c1cnccn1)B1OC(=O)C[C@@](CC(=O)N(C)C)(C(=O)N(C)C)O1. The van der Waals surface area contributed by atoms with Crippen molar-refractivity contribution in [2.45, 2.75) is 57.1 Å². The van der Waals surface area contributed by atoms with Crippen LogP contribution in [0.2, 0.25) is 0 Å². The van der Waals surface area contributed by atoms with E-state index in [1.165, 1.54) is 42.5 Å². The Labute approximate surface area is 251 Å². The number of nitrogens with zero attached hydrogens (tertiary/aromatic N) is 4. The Morgan fingerprint density at radius 3 is 2.30 bits per heavy atom. The number of nitrogens with one attached hydrogen (secondary N) is 2. The van der Waals surface area contributed by atoms with Gasteiger partial charge in [-0.1, -0.05) is 44.2 Å². The fourth-order valence-corrected chi connectivity index (χ4v) is 4.71. The van der Waals surface area contributed by atoms with Crippen LogP contribution in [-0.4, -0.2) is 102 Å². The summed E-state index contributed by atoms with van der Waals surface area (Å²) in [5.74, 6) is -3.79. The van der Waals surface area contributed by atoms with Gasteiger partial charge < -0.3 is 29.7 Å². The summed E-state index contributed by atoms with van der Waals surface area (Å²) in [4.78, 5) is 76.4. The van der Waals surface area contributed by atoms with E-state index in [-0.39, 0.29) is 18.0 Å². The largest absolute Gasteiger partial charge is 0.552 e. The number of benzene rings is 1. The first-order valence-corrected chi connectivity index (χ1v) is 14.0. The minimum Gasteiger partial charge on any atom is -0.508 e. The van der Waals surface area contributed by atoms with Gasteiger partial charge in [-0.15, -0.1) is 0 Å². The summed E-state index contributed by atoms with van der Waals surface area (Å²) in [6, 6.07) is 8.09. The Bertz CT molecular complexity index is 1290. The van der Waals surface area contributed by atoms with Gasteiger partial charge in [0.15, 0.2) is 5.60 Å². The summed E-state index contributed by atoms with van der Waals surface area (Å²) < 4.78 is 11.7. The molecule has 230 valence electrons. The van der Waals surface area contributed by atoms with Crippen LogP contribution in [0.5, 0.6) is 0 Å². The molecule has 0 saturated carbocycles. The van der Waals surface area contributed by atoms with Gasteiger partial charge in [-0.2, -0.15) is 0 Å². The highest BCUT2D eigenvalue weighted by Gasteiger charge is 2.55. The van der Waals surface area contributed by atoms with Gasteiger partial charge in [0.05, 0.1) is 25.0 Å². The van der Waals surface area contributed by atoms with Crippen LogP contribution in [0.3, 0.4) is 0 Å². The number of carbonyl (C=O) groups excluding carboxylic acids is 5. The number of amides is 4. The topological polar surface area (TPSA) is 160 Å². The zero-order valence-corrected chi connectivity index (χ0v) is 25.4. The van der Waals surface area contributed by atoms with Crippen LogP contribution in [0.25, 0.3) is 0 Å². The fourth-order valence-electron chi connectivity index (χ4n) is 4.71. The van der Waals surface area contributed by atoms with E-state index >= 15 is 0 Å². The van der Waals surface area contributed by atoms with E-state index in [4.69, 9.17) is 9.31 Å². The number of hydrogen-bond acceptors (Lipinski definition) is 9. The lowest BCUT2D eigenvalue weighted by Gasteiger charge is -2.41. The molecular formula is C29H39BN6O7. The molecule has 2 heterocycles. The van der Waals surface area contributed by atoms with Gasteiger partial charge in [-0.25, -0.2) is 4.98 Å². The van der Waals surface area contributed by atoms with Gasteiger partial charge >= 0.3 is 7.12 Å². The molecule has 1 aliphatic rings. The van der Waals surface area contributed by atoms with Crippen LogP contribution in [0.15, 0.2) is 48.9 Å². The minimum absolute atomic E-state index is 0.00126. The normalized spacial score (nSPS) is 17.8. The zero-order chi connectivity index (χ0) is 31.7. The molecule has 3 atom stereocenters. The summed E-state index contributed by atoms with van der Waals surface area (Å²) in [6.07, 6.45) is 3.69. The summed E-state index contributed by atoms with van der Waals surface area (Å²) in [5.41, 5.74) is -0.996. The Morgan fingerprint density at radius 1 is 1.02 bits per heavy atom. The summed E-state index contributed by atoms with van der Waals surface area (Å²) >= 11 is 0. The van der Waals surface area contributed by atoms with E-state index in [0.717, 1.165) is 5.56 Å². The molecule has 1 aromatic heterocycles. The Hall–Kier alpha value is -4.33. The highest BCUT2D eigenvalue weighted by atomic mass is 16.6. The van der Waals surface area contributed by atoms with Crippen molar-refractivity contribution in [1.82, 2.24) is 30.4 Å². The van der Waals surface area contributed by atoms with E-state index in [9.17, 15) is 24.0 Å². The summed E-state index contributed by atoms with van der Waals surface area (Å²) in [7, 11) is 4.71. The van der Waals surface area contributed by atoms with Crippen LogP contribution in [0, 0.1) is 5.92 Å². The van der Waals surface area contributed by atoms with E-state index < -0.39 is 67.1 Å². The van der Waals surface area contributed by atoms with Crippen molar-refractivity contribution in [1.29, 1.82) is 0 Å². The standard InChI is InChI=1S/C29H39BN6O7/c1-19(2)14-23(30-42-25(38)17-29(43-30,28(41)36(5)6)16-24(37)35(3)4)34-26(39)21(15-20-10-8-7-9-11-20)33-27(40)22-18-31-12-13-32-22/h7-13,18-19,21,23H,14-17H2,1-6H3,(H,33,40)(H,34,39)/t21-,23-,29-/m0/s1. The molecule has 2 aromatic rings.